The molecule has 0 aliphatic heterocycles. The van der Waals surface area contributed by atoms with E-state index in [4.69, 9.17) is 0 Å². The second kappa shape index (κ2) is 5.45. The van der Waals surface area contributed by atoms with E-state index >= 15 is 0 Å². The van der Waals surface area contributed by atoms with Crippen molar-refractivity contribution in [2.45, 2.75) is 12.8 Å². The molecule has 4 aromatic rings. The average molecular weight is 327 g/mol. The van der Waals surface area contributed by atoms with Crippen LogP contribution in [0, 0.1) is 5.92 Å². The van der Waals surface area contributed by atoms with Gasteiger partial charge in [0.05, 0.1) is 5.52 Å². The molecule has 122 valence electrons. The largest absolute Gasteiger partial charge is 0.351 e. The smallest absolute Gasteiger partial charge is 0.228 e. The van der Waals surface area contributed by atoms with Crippen molar-refractivity contribution >= 4 is 33.5 Å². The summed E-state index contributed by atoms with van der Waals surface area (Å²) >= 11 is 0. The van der Waals surface area contributed by atoms with E-state index in [0.717, 1.165) is 40.2 Å². The summed E-state index contributed by atoms with van der Waals surface area (Å²) in [6.07, 6.45) is 3.72. The third kappa shape index (κ3) is 2.47. The molecule has 1 aliphatic rings. The number of carbonyl (C=O) groups is 1. The summed E-state index contributed by atoms with van der Waals surface area (Å²) in [6, 6.07) is 18.7. The lowest BCUT2D eigenvalue weighted by atomic mass is 10.0. The molecule has 4 heteroatoms. The SMILES string of the molecule is O=C(Nc1nccc2c1[nH]c1cc(-c3ccccc3)ccc12)C1CC1. The number of fused-ring (bicyclic) bond motifs is 3. The number of carbonyl (C=O) groups excluding carboxylic acids is 1. The maximum absolute atomic E-state index is 12.1. The molecular formula is C21H17N3O. The number of nitrogens with zero attached hydrogens (tertiary/aromatic N) is 1. The molecule has 25 heavy (non-hydrogen) atoms. The number of anilines is 1. The number of pyridine rings is 1. The first-order valence-electron chi connectivity index (χ1n) is 8.56. The van der Waals surface area contributed by atoms with Crippen LogP contribution in [0.3, 0.4) is 0 Å². The second-order valence-corrected chi connectivity index (χ2v) is 6.60. The first-order valence-corrected chi connectivity index (χ1v) is 8.56. The van der Waals surface area contributed by atoms with E-state index in [-0.39, 0.29) is 11.8 Å². The molecular weight excluding hydrogens is 310 g/mol. The lowest BCUT2D eigenvalue weighted by Gasteiger charge is -2.04. The van der Waals surface area contributed by atoms with Crippen LogP contribution in [0.4, 0.5) is 5.82 Å². The lowest BCUT2D eigenvalue weighted by molar-refractivity contribution is -0.117. The van der Waals surface area contributed by atoms with Gasteiger partial charge in [-0.05, 0) is 36.1 Å². The third-order valence-electron chi connectivity index (χ3n) is 4.82. The Morgan fingerprint density at radius 1 is 1.00 bits per heavy atom. The molecule has 1 fully saturated rings. The zero-order valence-corrected chi connectivity index (χ0v) is 13.6. The van der Waals surface area contributed by atoms with Gasteiger partial charge >= 0.3 is 0 Å². The Labute approximate surface area is 144 Å². The maximum atomic E-state index is 12.1. The van der Waals surface area contributed by atoms with Crippen molar-refractivity contribution in [2.75, 3.05) is 5.32 Å². The molecule has 1 saturated carbocycles. The minimum absolute atomic E-state index is 0.0728. The quantitative estimate of drug-likeness (QED) is 0.571. The molecule has 1 amide bonds. The Morgan fingerprint density at radius 2 is 1.84 bits per heavy atom. The predicted octanol–water partition coefficient (Wildman–Crippen LogP) is 4.73. The van der Waals surface area contributed by atoms with Gasteiger partial charge in [0.15, 0.2) is 5.82 Å². The van der Waals surface area contributed by atoms with Crippen molar-refractivity contribution in [3.63, 3.8) is 0 Å². The van der Waals surface area contributed by atoms with Crippen molar-refractivity contribution in [3.05, 3.63) is 60.8 Å². The lowest BCUT2D eigenvalue weighted by Crippen LogP contribution is -2.14. The average Bonchev–Trinajstić information content (AvgIpc) is 3.44. The Hall–Kier alpha value is -3.14. The highest BCUT2D eigenvalue weighted by Crippen LogP contribution is 2.34. The minimum Gasteiger partial charge on any atom is -0.351 e. The van der Waals surface area contributed by atoms with Crippen LogP contribution in [0.25, 0.3) is 32.9 Å². The van der Waals surface area contributed by atoms with Crippen molar-refractivity contribution in [1.82, 2.24) is 9.97 Å². The molecule has 2 heterocycles. The zero-order chi connectivity index (χ0) is 16.8. The summed E-state index contributed by atoms with van der Waals surface area (Å²) in [4.78, 5) is 19.9. The van der Waals surface area contributed by atoms with E-state index in [0.29, 0.717) is 5.82 Å². The first-order chi connectivity index (χ1) is 12.3. The molecule has 2 aromatic heterocycles. The zero-order valence-electron chi connectivity index (χ0n) is 13.6. The van der Waals surface area contributed by atoms with Crippen LogP contribution in [0.5, 0.6) is 0 Å². The summed E-state index contributed by atoms with van der Waals surface area (Å²) in [5, 5.41) is 5.19. The van der Waals surface area contributed by atoms with Gasteiger partial charge < -0.3 is 10.3 Å². The van der Waals surface area contributed by atoms with Crippen molar-refractivity contribution in [3.8, 4) is 11.1 Å². The van der Waals surface area contributed by atoms with Gasteiger partial charge in [-0.3, -0.25) is 4.79 Å². The van der Waals surface area contributed by atoms with Crippen LogP contribution in [-0.2, 0) is 4.79 Å². The number of rotatable bonds is 3. The number of aromatic nitrogens is 2. The number of hydrogen-bond donors (Lipinski definition) is 2. The number of nitrogens with one attached hydrogen (secondary N) is 2. The number of aromatic amines is 1. The van der Waals surface area contributed by atoms with E-state index in [1.807, 2.05) is 24.3 Å². The summed E-state index contributed by atoms with van der Waals surface area (Å²) < 4.78 is 0. The monoisotopic (exact) mass is 327 g/mol. The molecule has 2 N–H and O–H groups in total. The highest BCUT2D eigenvalue weighted by Gasteiger charge is 2.30. The molecule has 0 spiro atoms. The number of hydrogen-bond acceptors (Lipinski definition) is 2. The summed E-state index contributed by atoms with van der Waals surface area (Å²) in [5.74, 6) is 0.849. The van der Waals surface area contributed by atoms with Gasteiger partial charge in [0, 0.05) is 28.4 Å². The molecule has 0 atom stereocenters. The Morgan fingerprint density at radius 3 is 2.64 bits per heavy atom. The van der Waals surface area contributed by atoms with Crippen LogP contribution in [0.1, 0.15) is 12.8 Å². The van der Waals surface area contributed by atoms with E-state index < -0.39 is 0 Å². The molecule has 4 nitrogen and oxygen atoms in total. The van der Waals surface area contributed by atoms with Gasteiger partial charge in [-0.15, -0.1) is 0 Å². The summed E-state index contributed by atoms with van der Waals surface area (Å²) in [6.45, 7) is 0. The minimum atomic E-state index is 0.0728. The normalized spacial score (nSPS) is 14.1. The highest BCUT2D eigenvalue weighted by molar-refractivity contribution is 6.13. The Bertz CT molecular complexity index is 1090. The molecule has 0 radical (unpaired) electrons. The number of H-pyrrole nitrogens is 1. The fourth-order valence-electron chi connectivity index (χ4n) is 3.30. The van der Waals surface area contributed by atoms with Crippen molar-refractivity contribution in [2.24, 2.45) is 5.92 Å². The standard InChI is InChI=1S/C21H17N3O/c25-21(14-6-7-14)24-20-19-17(10-11-22-20)16-9-8-15(12-18(16)23-19)13-4-2-1-3-5-13/h1-5,8-12,14,23H,6-7H2,(H,22,24,25). The molecule has 0 unspecified atom stereocenters. The number of benzene rings is 2. The topological polar surface area (TPSA) is 57.8 Å². The summed E-state index contributed by atoms with van der Waals surface area (Å²) in [5.41, 5.74) is 4.28. The highest BCUT2D eigenvalue weighted by atomic mass is 16.2. The second-order valence-electron chi connectivity index (χ2n) is 6.60. The van der Waals surface area contributed by atoms with Crippen molar-refractivity contribution in [1.29, 1.82) is 0 Å². The maximum Gasteiger partial charge on any atom is 0.228 e. The molecule has 0 bridgehead atoms. The van der Waals surface area contributed by atoms with Gasteiger partial charge in [-0.1, -0.05) is 42.5 Å². The van der Waals surface area contributed by atoms with Crippen LogP contribution < -0.4 is 5.32 Å². The van der Waals surface area contributed by atoms with Gasteiger partial charge in [0.2, 0.25) is 5.91 Å². The van der Waals surface area contributed by atoms with Gasteiger partial charge in [-0.25, -0.2) is 4.98 Å². The Balaban J connectivity index is 1.63. The van der Waals surface area contributed by atoms with Gasteiger partial charge in [0.25, 0.3) is 0 Å². The van der Waals surface area contributed by atoms with Crippen molar-refractivity contribution < 1.29 is 4.79 Å². The van der Waals surface area contributed by atoms with E-state index in [9.17, 15) is 4.79 Å². The van der Waals surface area contributed by atoms with Crippen LogP contribution >= 0.6 is 0 Å². The van der Waals surface area contributed by atoms with Gasteiger partial charge in [-0.2, -0.15) is 0 Å². The Kier molecular flexibility index (Phi) is 3.10. The van der Waals surface area contributed by atoms with Crippen LogP contribution in [0.15, 0.2) is 60.8 Å². The predicted molar refractivity (Wildman–Crippen MR) is 100 cm³/mol. The van der Waals surface area contributed by atoms with E-state index in [1.54, 1.807) is 6.20 Å². The molecule has 0 saturated heterocycles. The molecule has 5 rings (SSSR count). The van der Waals surface area contributed by atoms with Crippen LogP contribution in [0.2, 0.25) is 0 Å². The summed E-state index contributed by atoms with van der Waals surface area (Å²) in [7, 11) is 0. The third-order valence-corrected chi connectivity index (χ3v) is 4.82. The first kappa shape index (κ1) is 14.2. The van der Waals surface area contributed by atoms with Gasteiger partial charge in [0.1, 0.15) is 0 Å². The van der Waals surface area contributed by atoms with E-state index in [2.05, 4.69) is 45.6 Å². The van der Waals surface area contributed by atoms with E-state index in [1.165, 1.54) is 5.56 Å². The van der Waals surface area contributed by atoms with Crippen LogP contribution in [-0.4, -0.2) is 15.9 Å². The fraction of sp³-hybridized carbons (Fsp3) is 0.143. The number of amides is 1. The molecule has 1 aliphatic carbocycles. The fourth-order valence-corrected chi connectivity index (χ4v) is 3.30. The molecule has 2 aromatic carbocycles.